The molecule has 2 aromatic rings. The van der Waals surface area contributed by atoms with Crippen molar-refractivity contribution in [2.24, 2.45) is 0 Å². The van der Waals surface area contributed by atoms with E-state index >= 15 is 0 Å². The van der Waals surface area contributed by atoms with Crippen LogP contribution in [0.15, 0.2) is 24.3 Å². The number of nitrogen functional groups attached to an aromatic ring is 1. The van der Waals surface area contributed by atoms with E-state index in [0.717, 1.165) is 36.5 Å². The summed E-state index contributed by atoms with van der Waals surface area (Å²) in [5.41, 5.74) is 8.74. The van der Waals surface area contributed by atoms with Gasteiger partial charge in [0.05, 0.1) is 7.11 Å². The van der Waals surface area contributed by atoms with Crippen LogP contribution in [-0.2, 0) is 5.41 Å². The van der Waals surface area contributed by atoms with Crippen LogP contribution < -0.4 is 15.2 Å². The Bertz CT molecular complexity index is 906. The van der Waals surface area contributed by atoms with Crippen LogP contribution in [0.4, 0.5) is 5.82 Å². The minimum Gasteiger partial charge on any atom is -0.493 e. The molecule has 1 aliphatic heterocycles. The Balaban J connectivity index is 1.89. The van der Waals surface area contributed by atoms with Gasteiger partial charge in [-0.1, -0.05) is 26.8 Å². The number of rotatable bonds is 6. The zero-order valence-electron chi connectivity index (χ0n) is 17.8. The third kappa shape index (κ3) is 4.80. The highest BCUT2D eigenvalue weighted by molar-refractivity contribution is 5.77. The molecular weight excluding hydrogens is 364 g/mol. The molecule has 0 spiro atoms. The first-order chi connectivity index (χ1) is 13.8. The van der Waals surface area contributed by atoms with E-state index in [2.05, 4.69) is 36.7 Å². The maximum atomic E-state index is 9.62. The van der Waals surface area contributed by atoms with Gasteiger partial charge in [0.25, 0.3) is 0 Å². The molecule has 2 N–H and O–H groups in total. The third-order valence-electron chi connectivity index (χ3n) is 5.27. The van der Waals surface area contributed by atoms with Crippen LogP contribution in [-0.4, -0.2) is 43.2 Å². The van der Waals surface area contributed by atoms with Gasteiger partial charge in [-0.15, -0.1) is 0 Å². The number of pyridine rings is 1. The van der Waals surface area contributed by atoms with Crippen LogP contribution in [0.5, 0.6) is 11.5 Å². The van der Waals surface area contributed by atoms with Crippen LogP contribution >= 0.6 is 0 Å². The summed E-state index contributed by atoms with van der Waals surface area (Å²) in [7, 11) is 1.62. The second-order valence-electron chi connectivity index (χ2n) is 8.44. The van der Waals surface area contributed by atoms with Gasteiger partial charge in [-0.2, -0.15) is 5.26 Å². The van der Waals surface area contributed by atoms with Gasteiger partial charge >= 0.3 is 0 Å². The number of nitrogens with two attached hydrogens (primary N) is 1. The molecule has 0 aliphatic carbocycles. The second-order valence-corrected chi connectivity index (χ2v) is 8.44. The average molecular weight is 395 g/mol. The van der Waals surface area contributed by atoms with Crippen molar-refractivity contribution in [1.29, 1.82) is 5.26 Å². The number of likely N-dealkylation sites (tertiary alicyclic amines) is 1. The van der Waals surface area contributed by atoms with Gasteiger partial charge in [-0.3, -0.25) is 4.90 Å². The van der Waals surface area contributed by atoms with Gasteiger partial charge in [-0.25, -0.2) is 4.98 Å². The van der Waals surface area contributed by atoms with Crippen LogP contribution in [0, 0.1) is 11.3 Å². The van der Waals surface area contributed by atoms with Crippen LogP contribution in [0.25, 0.3) is 11.1 Å². The largest absolute Gasteiger partial charge is 0.493 e. The Morgan fingerprint density at radius 1 is 1.17 bits per heavy atom. The number of aromatic nitrogens is 1. The lowest BCUT2D eigenvalue weighted by atomic mass is 9.88. The lowest BCUT2D eigenvalue weighted by Crippen LogP contribution is -2.25. The van der Waals surface area contributed by atoms with Gasteiger partial charge in [-0.05, 0) is 49.7 Å². The van der Waals surface area contributed by atoms with Crippen molar-refractivity contribution < 1.29 is 9.47 Å². The lowest BCUT2D eigenvalue weighted by molar-refractivity contribution is 0.230. The van der Waals surface area contributed by atoms with Crippen LogP contribution in [0.1, 0.15) is 44.9 Å². The van der Waals surface area contributed by atoms with Crippen molar-refractivity contribution in [3.8, 4) is 28.7 Å². The summed E-state index contributed by atoms with van der Waals surface area (Å²) in [5, 5.41) is 9.62. The number of anilines is 1. The highest BCUT2D eigenvalue weighted by Gasteiger charge is 2.21. The Morgan fingerprint density at radius 3 is 2.52 bits per heavy atom. The molecule has 29 heavy (non-hydrogen) atoms. The number of benzene rings is 1. The Kier molecular flexibility index (Phi) is 6.29. The zero-order chi connectivity index (χ0) is 21.0. The molecular formula is C23H30N4O2. The first kappa shape index (κ1) is 20.9. The molecule has 0 bridgehead atoms. The molecule has 0 atom stereocenters. The molecule has 1 fully saturated rings. The topological polar surface area (TPSA) is 84.4 Å². The van der Waals surface area contributed by atoms with Crippen molar-refractivity contribution in [1.82, 2.24) is 9.88 Å². The molecule has 6 nitrogen and oxygen atoms in total. The van der Waals surface area contributed by atoms with E-state index in [9.17, 15) is 5.26 Å². The van der Waals surface area contributed by atoms with Crippen LogP contribution in [0.2, 0.25) is 0 Å². The molecule has 1 aromatic heterocycles. The molecule has 1 saturated heterocycles. The predicted molar refractivity (Wildman–Crippen MR) is 115 cm³/mol. The zero-order valence-corrected chi connectivity index (χ0v) is 17.8. The Morgan fingerprint density at radius 2 is 1.90 bits per heavy atom. The van der Waals surface area contributed by atoms with Crippen molar-refractivity contribution in [2.45, 2.75) is 39.0 Å². The highest BCUT2D eigenvalue weighted by atomic mass is 16.5. The molecule has 2 heterocycles. The normalized spacial score (nSPS) is 14.6. The molecule has 0 unspecified atom stereocenters. The van der Waals surface area contributed by atoms with E-state index in [1.165, 1.54) is 12.8 Å². The highest BCUT2D eigenvalue weighted by Crippen LogP contribution is 2.36. The molecule has 0 saturated carbocycles. The van der Waals surface area contributed by atoms with Crippen LogP contribution in [0.3, 0.4) is 0 Å². The van der Waals surface area contributed by atoms with Gasteiger partial charge in [0.2, 0.25) is 0 Å². The predicted octanol–water partition coefficient (Wildman–Crippen LogP) is 3.98. The minimum absolute atomic E-state index is 0.181. The summed E-state index contributed by atoms with van der Waals surface area (Å²) in [6.07, 6.45) is 2.54. The molecule has 1 aliphatic rings. The molecule has 3 rings (SSSR count). The van der Waals surface area contributed by atoms with Gasteiger partial charge < -0.3 is 15.2 Å². The van der Waals surface area contributed by atoms with E-state index in [-0.39, 0.29) is 11.2 Å². The quantitative estimate of drug-likeness (QED) is 0.798. The van der Waals surface area contributed by atoms with E-state index in [1.807, 2.05) is 24.3 Å². The number of hydrogen-bond acceptors (Lipinski definition) is 6. The van der Waals surface area contributed by atoms with Gasteiger partial charge in [0, 0.05) is 23.2 Å². The number of nitriles is 1. The monoisotopic (exact) mass is 394 g/mol. The maximum Gasteiger partial charge on any atom is 0.161 e. The average Bonchev–Trinajstić information content (AvgIpc) is 3.20. The molecule has 0 radical (unpaired) electrons. The summed E-state index contributed by atoms with van der Waals surface area (Å²) < 4.78 is 11.5. The number of hydrogen-bond donors (Lipinski definition) is 1. The van der Waals surface area contributed by atoms with Gasteiger partial charge in [0.1, 0.15) is 24.1 Å². The second kappa shape index (κ2) is 8.71. The summed E-state index contributed by atoms with van der Waals surface area (Å²) in [5.74, 6) is 1.59. The molecule has 6 heteroatoms. The van der Waals surface area contributed by atoms with Crippen molar-refractivity contribution in [3.05, 3.63) is 35.5 Å². The molecule has 0 amide bonds. The fraction of sp³-hybridized carbons (Fsp3) is 0.478. The smallest absolute Gasteiger partial charge is 0.161 e. The SMILES string of the molecule is COc1cc(-c2cc(C(C)(C)C)nc(N)c2C#N)ccc1OCCN1CCCC1. The maximum absolute atomic E-state index is 9.62. The molecule has 154 valence electrons. The van der Waals surface area contributed by atoms with E-state index in [4.69, 9.17) is 15.2 Å². The van der Waals surface area contributed by atoms with E-state index in [1.54, 1.807) is 7.11 Å². The number of nitrogens with zero attached hydrogens (tertiary/aromatic N) is 3. The number of ether oxygens (including phenoxy) is 2. The van der Waals surface area contributed by atoms with Crippen molar-refractivity contribution in [2.75, 3.05) is 39.1 Å². The number of methoxy groups -OCH3 is 1. The first-order valence-corrected chi connectivity index (χ1v) is 10.1. The molecule has 1 aromatic carbocycles. The fourth-order valence-corrected chi connectivity index (χ4v) is 3.54. The first-order valence-electron chi connectivity index (χ1n) is 10.1. The third-order valence-corrected chi connectivity index (χ3v) is 5.27. The van der Waals surface area contributed by atoms with E-state index < -0.39 is 0 Å². The summed E-state index contributed by atoms with van der Waals surface area (Å²) in [6, 6.07) is 9.87. The van der Waals surface area contributed by atoms with Gasteiger partial charge in [0.15, 0.2) is 11.5 Å². The lowest BCUT2D eigenvalue weighted by Gasteiger charge is -2.21. The van der Waals surface area contributed by atoms with Crippen molar-refractivity contribution >= 4 is 5.82 Å². The van der Waals surface area contributed by atoms with E-state index in [0.29, 0.717) is 23.7 Å². The minimum atomic E-state index is -0.181. The standard InChI is InChI=1S/C23H30N4O2/c1-23(2,3)21-14-17(18(15-24)22(25)26-21)16-7-8-19(20(13-16)28-4)29-12-11-27-9-5-6-10-27/h7-8,13-14H,5-6,9-12H2,1-4H3,(H2,25,26). The Hall–Kier alpha value is -2.78. The summed E-state index contributed by atoms with van der Waals surface area (Å²) in [4.78, 5) is 6.84. The summed E-state index contributed by atoms with van der Waals surface area (Å²) >= 11 is 0. The fourth-order valence-electron chi connectivity index (χ4n) is 3.54. The summed E-state index contributed by atoms with van der Waals surface area (Å²) in [6.45, 7) is 10.0. The Labute approximate surface area is 173 Å². The van der Waals surface area contributed by atoms with Crippen molar-refractivity contribution in [3.63, 3.8) is 0 Å².